The molecule has 3 rings (SSSR count). The number of aryl methyl sites for hydroxylation is 3. The van der Waals surface area contributed by atoms with Crippen molar-refractivity contribution in [1.29, 1.82) is 0 Å². The summed E-state index contributed by atoms with van der Waals surface area (Å²) in [6, 6.07) is 7.39. The molecule has 0 unspecified atom stereocenters. The quantitative estimate of drug-likeness (QED) is 0.763. The van der Waals surface area contributed by atoms with E-state index in [2.05, 4.69) is 20.6 Å². The Labute approximate surface area is 144 Å². The van der Waals surface area contributed by atoms with Crippen LogP contribution in [0.25, 0.3) is 11.4 Å². The number of amides is 2. The highest BCUT2D eigenvalue weighted by Gasteiger charge is 2.08. The van der Waals surface area contributed by atoms with Gasteiger partial charge < -0.3 is 15.2 Å². The van der Waals surface area contributed by atoms with Crippen LogP contribution in [0.2, 0.25) is 0 Å². The molecule has 2 aromatic heterocycles. The molecule has 0 aliphatic rings. The van der Waals surface area contributed by atoms with Crippen molar-refractivity contribution in [2.75, 3.05) is 5.32 Å². The molecule has 2 N–H and O–H groups in total. The summed E-state index contributed by atoms with van der Waals surface area (Å²) in [6.45, 7) is 4.39. The number of thiazole rings is 1. The van der Waals surface area contributed by atoms with Crippen LogP contribution < -0.4 is 10.6 Å². The Kier molecular flexibility index (Phi) is 4.61. The molecule has 0 bridgehead atoms. The number of urea groups is 1. The number of hydrogen-bond acceptors (Lipinski definition) is 4. The second kappa shape index (κ2) is 6.84. The molecular weight excluding hydrogens is 322 g/mol. The molecule has 0 fully saturated rings. The molecule has 0 radical (unpaired) electrons. The van der Waals surface area contributed by atoms with Gasteiger partial charge in [0.15, 0.2) is 0 Å². The van der Waals surface area contributed by atoms with Gasteiger partial charge in [-0.05, 0) is 26.0 Å². The van der Waals surface area contributed by atoms with Gasteiger partial charge >= 0.3 is 6.03 Å². The normalized spacial score (nSPS) is 10.6. The Morgan fingerprint density at radius 1 is 1.33 bits per heavy atom. The zero-order chi connectivity index (χ0) is 17.1. The fourth-order valence-electron chi connectivity index (χ4n) is 2.45. The summed E-state index contributed by atoms with van der Waals surface area (Å²) in [5.41, 5.74) is 2.65. The topological polar surface area (TPSA) is 71.8 Å². The van der Waals surface area contributed by atoms with Gasteiger partial charge in [0.25, 0.3) is 0 Å². The summed E-state index contributed by atoms with van der Waals surface area (Å²) in [4.78, 5) is 21.9. The lowest BCUT2D eigenvalue weighted by molar-refractivity contribution is 0.252. The van der Waals surface area contributed by atoms with Crippen molar-refractivity contribution in [3.05, 3.63) is 52.2 Å². The monoisotopic (exact) mass is 341 g/mol. The first-order valence-corrected chi connectivity index (χ1v) is 8.40. The lowest BCUT2D eigenvalue weighted by Crippen LogP contribution is -2.28. The van der Waals surface area contributed by atoms with Crippen LogP contribution in [0.15, 0.2) is 36.7 Å². The first-order valence-electron chi connectivity index (χ1n) is 7.58. The van der Waals surface area contributed by atoms with E-state index < -0.39 is 0 Å². The Hall–Kier alpha value is -2.67. The Morgan fingerprint density at radius 3 is 2.83 bits per heavy atom. The van der Waals surface area contributed by atoms with E-state index in [0.29, 0.717) is 6.54 Å². The maximum atomic E-state index is 12.1. The average Bonchev–Trinajstić information content (AvgIpc) is 3.10. The van der Waals surface area contributed by atoms with Crippen molar-refractivity contribution >= 4 is 23.1 Å². The van der Waals surface area contributed by atoms with Crippen LogP contribution in [-0.2, 0) is 13.6 Å². The van der Waals surface area contributed by atoms with E-state index in [1.54, 1.807) is 17.5 Å². The molecule has 2 heterocycles. The number of aromatic nitrogens is 3. The number of anilines is 1. The molecular formula is C17H19N5OS. The number of nitrogens with one attached hydrogen (secondary N) is 2. The zero-order valence-electron chi connectivity index (χ0n) is 13.8. The molecule has 0 spiro atoms. The minimum Gasteiger partial charge on any atom is -0.334 e. The number of carbonyl (C=O) groups excluding carboxylic acids is 1. The van der Waals surface area contributed by atoms with Gasteiger partial charge in [-0.1, -0.05) is 12.1 Å². The minimum absolute atomic E-state index is 0.238. The van der Waals surface area contributed by atoms with E-state index in [9.17, 15) is 4.79 Å². The fraction of sp³-hybridized carbons (Fsp3) is 0.235. The maximum Gasteiger partial charge on any atom is 0.319 e. The smallest absolute Gasteiger partial charge is 0.319 e. The zero-order valence-corrected chi connectivity index (χ0v) is 14.6. The van der Waals surface area contributed by atoms with Crippen LogP contribution in [0.1, 0.15) is 15.6 Å². The van der Waals surface area contributed by atoms with Gasteiger partial charge in [0.05, 0.1) is 17.2 Å². The Balaban J connectivity index is 1.64. The molecule has 0 atom stereocenters. The van der Waals surface area contributed by atoms with Crippen LogP contribution in [0.3, 0.4) is 0 Å². The lowest BCUT2D eigenvalue weighted by atomic mass is 10.2. The number of nitrogens with zero attached hydrogens (tertiary/aromatic N) is 3. The second-order valence-electron chi connectivity index (χ2n) is 5.49. The van der Waals surface area contributed by atoms with Gasteiger partial charge in [-0.15, -0.1) is 11.3 Å². The lowest BCUT2D eigenvalue weighted by Gasteiger charge is -2.09. The van der Waals surface area contributed by atoms with E-state index in [-0.39, 0.29) is 6.03 Å². The Bertz CT molecular complexity index is 868. The predicted molar refractivity (Wildman–Crippen MR) is 96.1 cm³/mol. The fourth-order valence-corrected chi connectivity index (χ4v) is 3.33. The standard InChI is InChI=1S/C17H19N5OS/c1-11-15(24-12(2)20-11)10-19-17(23)21-14-6-4-5-13(9-14)16-18-7-8-22(16)3/h4-9H,10H2,1-3H3,(H2,19,21,23). The average molecular weight is 341 g/mol. The van der Waals surface area contributed by atoms with Gasteiger partial charge in [0, 0.05) is 35.6 Å². The van der Waals surface area contributed by atoms with Crippen molar-refractivity contribution in [3.63, 3.8) is 0 Å². The molecule has 6 nitrogen and oxygen atoms in total. The molecule has 0 saturated heterocycles. The molecule has 0 saturated carbocycles. The Morgan fingerprint density at radius 2 is 2.17 bits per heavy atom. The van der Waals surface area contributed by atoms with Crippen molar-refractivity contribution in [2.45, 2.75) is 20.4 Å². The van der Waals surface area contributed by atoms with Gasteiger partial charge in [0.1, 0.15) is 5.82 Å². The molecule has 124 valence electrons. The molecule has 24 heavy (non-hydrogen) atoms. The third-order valence-electron chi connectivity index (χ3n) is 3.61. The molecule has 7 heteroatoms. The molecule has 0 aliphatic heterocycles. The van der Waals surface area contributed by atoms with Crippen molar-refractivity contribution in [3.8, 4) is 11.4 Å². The summed E-state index contributed by atoms with van der Waals surface area (Å²) in [7, 11) is 1.94. The van der Waals surface area contributed by atoms with Crippen LogP contribution in [-0.4, -0.2) is 20.6 Å². The molecule has 3 aromatic rings. The summed E-state index contributed by atoms with van der Waals surface area (Å²) in [6.07, 6.45) is 3.64. The number of hydrogen-bond donors (Lipinski definition) is 2. The van der Waals surface area contributed by atoms with Crippen LogP contribution in [0, 0.1) is 13.8 Å². The highest BCUT2D eigenvalue weighted by atomic mass is 32.1. The number of carbonyl (C=O) groups is 1. The van der Waals surface area contributed by atoms with E-state index in [1.165, 1.54) is 0 Å². The summed E-state index contributed by atoms with van der Waals surface area (Å²) in [5.74, 6) is 0.856. The first-order chi connectivity index (χ1) is 11.5. The third kappa shape index (κ3) is 3.62. The summed E-state index contributed by atoms with van der Waals surface area (Å²) in [5, 5.41) is 6.73. The highest BCUT2D eigenvalue weighted by Crippen LogP contribution is 2.21. The van der Waals surface area contributed by atoms with Crippen LogP contribution in [0.4, 0.5) is 10.5 Å². The number of imidazole rings is 1. The maximum absolute atomic E-state index is 12.1. The second-order valence-corrected chi connectivity index (χ2v) is 6.78. The van der Waals surface area contributed by atoms with Gasteiger partial charge in [-0.3, -0.25) is 0 Å². The minimum atomic E-state index is -0.238. The van der Waals surface area contributed by atoms with Crippen molar-refractivity contribution < 1.29 is 4.79 Å². The summed E-state index contributed by atoms with van der Waals surface area (Å²) < 4.78 is 1.94. The molecule has 1 aromatic carbocycles. The van der Waals surface area contributed by atoms with Gasteiger partial charge in [-0.2, -0.15) is 0 Å². The highest BCUT2D eigenvalue weighted by molar-refractivity contribution is 7.11. The number of benzene rings is 1. The SMILES string of the molecule is Cc1nc(C)c(CNC(=O)Nc2cccc(-c3nccn3C)c2)s1. The predicted octanol–water partition coefficient (Wildman–Crippen LogP) is 3.48. The van der Waals surface area contributed by atoms with E-state index in [0.717, 1.165) is 32.7 Å². The van der Waals surface area contributed by atoms with Crippen molar-refractivity contribution in [1.82, 2.24) is 19.9 Å². The van der Waals surface area contributed by atoms with Crippen molar-refractivity contribution in [2.24, 2.45) is 7.05 Å². The van der Waals surface area contributed by atoms with Gasteiger partial charge in [-0.25, -0.2) is 14.8 Å². The van der Waals surface area contributed by atoms with E-state index in [1.807, 2.05) is 55.9 Å². The van der Waals surface area contributed by atoms with E-state index >= 15 is 0 Å². The molecule has 0 aliphatic carbocycles. The van der Waals surface area contributed by atoms with Gasteiger partial charge in [0.2, 0.25) is 0 Å². The molecule has 2 amide bonds. The van der Waals surface area contributed by atoms with Crippen LogP contribution >= 0.6 is 11.3 Å². The summed E-state index contributed by atoms with van der Waals surface area (Å²) >= 11 is 1.60. The third-order valence-corrected chi connectivity index (χ3v) is 4.68. The largest absolute Gasteiger partial charge is 0.334 e. The first kappa shape index (κ1) is 16.2. The van der Waals surface area contributed by atoms with Crippen LogP contribution in [0.5, 0.6) is 0 Å². The van der Waals surface area contributed by atoms with E-state index in [4.69, 9.17) is 0 Å². The number of rotatable bonds is 4.